The molecule has 15 heteroatoms. The highest BCUT2D eigenvalue weighted by atomic mass is 35.5. The number of carbonyl (C=O) groups is 2. The Balaban J connectivity index is 1.50. The molecule has 5 aromatic rings. The number of pyridine rings is 1. The number of hydrogen-bond acceptors (Lipinski definition) is 6. The van der Waals surface area contributed by atoms with Gasteiger partial charge in [-0.25, -0.2) is 18.3 Å². The normalized spacial score (nSPS) is 14.6. The maximum absolute atomic E-state index is 14.1. The summed E-state index contributed by atoms with van der Waals surface area (Å²) in [6.45, 7) is 0. The standard InChI is InChI=1S/C29H14ClF5N6O2S/c30-21-3-1-16(31)10-19(21)28-40-27(43)20-7-13(18-2-4-24-37-12-38-41(24)23(18)11-36)8-22(25(20)44-28)39-26(42)14-5-15(29(33,34)35)9-17(32)6-14/h1-10,12,28H,(H,39,42)(H,40,43)/t28-/m0/s1. The SMILES string of the molecule is N#Cc1c(-c2cc(NC(=O)c3cc(F)cc(C(F)(F)F)c3)c3c(c2)C(=O)N[C@H](c2cc(F)ccc2Cl)S3)ccc2ncnn12. The molecular formula is C29H14ClF5N6O2S. The minimum atomic E-state index is -4.92. The van der Waals surface area contributed by atoms with Gasteiger partial charge in [-0.05, 0) is 66.2 Å². The second-order valence-electron chi connectivity index (χ2n) is 9.46. The van der Waals surface area contributed by atoms with E-state index in [-0.39, 0.29) is 44.1 Å². The van der Waals surface area contributed by atoms with E-state index >= 15 is 0 Å². The molecule has 3 heterocycles. The molecule has 0 spiro atoms. The highest BCUT2D eigenvalue weighted by Crippen LogP contribution is 2.47. The van der Waals surface area contributed by atoms with Gasteiger partial charge in [0.25, 0.3) is 11.8 Å². The molecule has 6 rings (SSSR count). The molecule has 0 unspecified atom stereocenters. The van der Waals surface area contributed by atoms with Gasteiger partial charge in [0.15, 0.2) is 11.3 Å². The number of rotatable bonds is 4. The van der Waals surface area contributed by atoms with Crippen molar-refractivity contribution in [2.75, 3.05) is 5.32 Å². The van der Waals surface area contributed by atoms with Crippen molar-refractivity contribution < 1.29 is 31.5 Å². The van der Waals surface area contributed by atoms with Crippen molar-refractivity contribution in [2.24, 2.45) is 0 Å². The lowest BCUT2D eigenvalue weighted by atomic mass is 9.99. The lowest BCUT2D eigenvalue weighted by Gasteiger charge is -2.28. The van der Waals surface area contributed by atoms with Gasteiger partial charge in [0.1, 0.15) is 29.4 Å². The van der Waals surface area contributed by atoms with Gasteiger partial charge in [0, 0.05) is 26.6 Å². The number of hydrogen-bond donors (Lipinski definition) is 2. The predicted molar refractivity (Wildman–Crippen MR) is 150 cm³/mol. The summed E-state index contributed by atoms with van der Waals surface area (Å²) in [5.74, 6) is -3.65. The van der Waals surface area contributed by atoms with Crippen LogP contribution < -0.4 is 10.6 Å². The number of halogens is 6. The Hall–Kier alpha value is -5.00. The van der Waals surface area contributed by atoms with Crippen LogP contribution in [0.2, 0.25) is 5.02 Å². The Morgan fingerprint density at radius 1 is 1.05 bits per heavy atom. The maximum Gasteiger partial charge on any atom is 0.416 e. The number of nitrogens with zero attached hydrogens (tertiary/aromatic N) is 4. The van der Waals surface area contributed by atoms with Crippen molar-refractivity contribution in [3.63, 3.8) is 0 Å². The van der Waals surface area contributed by atoms with E-state index < -0.39 is 46.1 Å². The molecule has 0 saturated carbocycles. The number of fused-ring (bicyclic) bond motifs is 2. The zero-order valence-corrected chi connectivity index (χ0v) is 23.3. The summed E-state index contributed by atoms with van der Waals surface area (Å²) in [6.07, 6.45) is -3.68. The zero-order valence-electron chi connectivity index (χ0n) is 21.7. The molecule has 8 nitrogen and oxygen atoms in total. The highest BCUT2D eigenvalue weighted by molar-refractivity contribution is 7.99. The van der Waals surface area contributed by atoms with E-state index in [9.17, 15) is 36.8 Å². The first-order valence-corrected chi connectivity index (χ1v) is 13.7. The molecule has 0 saturated heterocycles. The molecule has 1 aliphatic rings. The maximum atomic E-state index is 14.1. The number of aromatic nitrogens is 3. The molecule has 1 aliphatic heterocycles. The van der Waals surface area contributed by atoms with E-state index in [1.165, 1.54) is 29.0 Å². The predicted octanol–water partition coefficient (Wildman–Crippen LogP) is 7.00. The van der Waals surface area contributed by atoms with Crippen molar-refractivity contribution in [3.8, 4) is 17.2 Å². The molecule has 3 aromatic carbocycles. The number of anilines is 1. The van der Waals surface area contributed by atoms with Crippen LogP contribution in [0.5, 0.6) is 0 Å². The van der Waals surface area contributed by atoms with Crippen molar-refractivity contribution >= 4 is 46.5 Å². The third-order valence-corrected chi connectivity index (χ3v) is 8.29. The lowest BCUT2D eigenvalue weighted by Crippen LogP contribution is -2.31. The van der Waals surface area contributed by atoms with Crippen LogP contribution in [0.15, 0.2) is 71.9 Å². The van der Waals surface area contributed by atoms with Crippen LogP contribution >= 0.6 is 23.4 Å². The molecule has 0 radical (unpaired) electrons. The van der Waals surface area contributed by atoms with E-state index in [0.717, 1.165) is 23.9 Å². The number of amides is 2. The molecule has 1 atom stereocenters. The Morgan fingerprint density at radius 3 is 2.59 bits per heavy atom. The number of benzene rings is 3. The molecule has 2 amide bonds. The molecule has 220 valence electrons. The summed E-state index contributed by atoms with van der Waals surface area (Å²) >= 11 is 7.26. The van der Waals surface area contributed by atoms with Gasteiger partial charge in [-0.15, -0.1) is 0 Å². The largest absolute Gasteiger partial charge is 0.416 e. The molecule has 2 N–H and O–H groups in total. The fraction of sp³-hybridized carbons (Fsp3) is 0.0690. The summed E-state index contributed by atoms with van der Waals surface area (Å²) in [6, 6.07) is 13.0. The molecule has 0 bridgehead atoms. The Bertz CT molecular complexity index is 2060. The van der Waals surface area contributed by atoms with Gasteiger partial charge in [-0.1, -0.05) is 23.4 Å². The summed E-state index contributed by atoms with van der Waals surface area (Å²) < 4.78 is 69.6. The van der Waals surface area contributed by atoms with Crippen LogP contribution in [0.25, 0.3) is 16.8 Å². The third-order valence-electron chi connectivity index (χ3n) is 6.66. The van der Waals surface area contributed by atoms with Crippen molar-refractivity contribution in [3.05, 3.63) is 112 Å². The highest BCUT2D eigenvalue weighted by Gasteiger charge is 2.34. The second-order valence-corrected chi connectivity index (χ2v) is 11.0. The monoisotopic (exact) mass is 640 g/mol. The first-order valence-electron chi connectivity index (χ1n) is 12.5. The Morgan fingerprint density at radius 2 is 1.84 bits per heavy atom. The number of nitriles is 1. The minimum Gasteiger partial charge on any atom is -0.336 e. The van der Waals surface area contributed by atoms with E-state index in [2.05, 4.69) is 20.7 Å². The van der Waals surface area contributed by atoms with Crippen LogP contribution in [-0.4, -0.2) is 26.4 Å². The zero-order chi connectivity index (χ0) is 31.3. The van der Waals surface area contributed by atoms with Crippen molar-refractivity contribution in [1.82, 2.24) is 19.9 Å². The first-order chi connectivity index (χ1) is 20.9. The quantitative estimate of drug-likeness (QED) is 0.205. The van der Waals surface area contributed by atoms with Gasteiger partial charge >= 0.3 is 6.18 Å². The van der Waals surface area contributed by atoms with E-state index in [4.69, 9.17) is 11.6 Å². The minimum absolute atomic E-state index is 0.0318. The van der Waals surface area contributed by atoms with Crippen LogP contribution in [0.1, 0.15) is 42.9 Å². The average Bonchev–Trinajstić information content (AvgIpc) is 3.46. The molecule has 0 aliphatic carbocycles. The molecule has 44 heavy (non-hydrogen) atoms. The lowest BCUT2D eigenvalue weighted by molar-refractivity contribution is -0.137. The number of alkyl halides is 3. The van der Waals surface area contributed by atoms with Gasteiger partial charge in [-0.3, -0.25) is 9.59 Å². The third kappa shape index (κ3) is 5.31. The van der Waals surface area contributed by atoms with E-state index in [0.29, 0.717) is 23.3 Å². The van der Waals surface area contributed by atoms with Gasteiger partial charge in [0.05, 0.1) is 16.8 Å². The van der Waals surface area contributed by atoms with Gasteiger partial charge < -0.3 is 10.6 Å². The van der Waals surface area contributed by atoms with Gasteiger partial charge in [-0.2, -0.15) is 23.5 Å². The van der Waals surface area contributed by atoms with Crippen molar-refractivity contribution in [2.45, 2.75) is 16.4 Å². The van der Waals surface area contributed by atoms with Crippen molar-refractivity contribution in [1.29, 1.82) is 5.26 Å². The fourth-order valence-corrected chi connectivity index (χ4v) is 6.21. The number of thioether (sulfide) groups is 1. The summed E-state index contributed by atoms with van der Waals surface area (Å²) in [5.41, 5.74) is -0.814. The Kier molecular flexibility index (Phi) is 7.22. The smallest absolute Gasteiger partial charge is 0.336 e. The van der Waals surface area contributed by atoms with E-state index in [1.54, 1.807) is 12.1 Å². The average molecular weight is 641 g/mol. The molecule has 0 fully saturated rings. The van der Waals surface area contributed by atoms with Crippen LogP contribution in [0.3, 0.4) is 0 Å². The Labute approximate surface area is 253 Å². The van der Waals surface area contributed by atoms with Crippen LogP contribution in [0, 0.1) is 23.0 Å². The number of carbonyl (C=O) groups excluding carboxylic acids is 2. The first kappa shape index (κ1) is 29.1. The summed E-state index contributed by atoms with van der Waals surface area (Å²) in [7, 11) is 0. The van der Waals surface area contributed by atoms with Crippen LogP contribution in [0.4, 0.5) is 27.6 Å². The molecular weight excluding hydrogens is 627 g/mol. The van der Waals surface area contributed by atoms with E-state index in [1.807, 2.05) is 6.07 Å². The number of nitrogens with one attached hydrogen (secondary N) is 2. The second kappa shape index (κ2) is 10.9. The topological polar surface area (TPSA) is 112 Å². The summed E-state index contributed by atoms with van der Waals surface area (Å²) in [4.78, 5) is 30.9. The summed E-state index contributed by atoms with van der Waals surface area (Å²) in [5, 5.41) is 18.4. The van der Waals surface area contributed by atoms with Gasteiger partial charge in [0.2, 0.25) is 0 Å². The van der Waals surface area contributed by atoms with Crippen LogP contribution in [-0.2, 0) is 6.18 Å². The molecule has 2 aromatic heterocycles. The fourth-order valence-electron chi connectivity index (χ4n) is 4.68.